The first kappa shape index (κ1) is 28.4. The highest BCUT2D eigenvalue weighted by Gasteiger charge is 2.37. The van der Waals surface area contributed by atoms with Gasteiger partial charge in [-0.15, -0.1) is 10.2 Å². The number of aromatic nitrogens is 5. The second-order valence-electron chi connectivity index (χ2n) is 10.0. The van der Waals surface area contributed by atoms with Crippen LogP contribution >= 0.6 is 0 Å². The van der Waals surface area contributed by atoms with Gasteiger partial charge in [0.1, 0.15) is 47.9 Å². The molecule has 13 heteroatoms. The third-order valence-corrected chi connectivity index (χ3v) is 8.19. The van der Waals surface area contributed by atoms with Crippen molar-refractivity contribution in [3.8, 4) is 22.9 Å². The van der Waals surface area contributed by atoms with Crippen LogP contribution < -0.4 is 14.2 Å². The molecule has 5 rings (SSSR count). The molecule has 2 aromatic heterocycles. The maximum atomic E-state index is 13.8. The van der Waals surface area contributed by atoms with E-state index in [1.807, 2.05) is 39.0 Å². The number of hydrogen-bond donors (Lipinski definition) is 1. The van der Waals surface area contributed by atoms with E-state index in [0.717, 1.165) is 5.56 Å². The maximum Gasteiger partial charge on any atom is 0.240 e. The summed E-state index contributed by atoms with van der Waals surface area (Å²) in [5.74, 6) is 1.31. The van der Waals surface area contributed by atoms with Gasteiger partial charge < -0.3 is 14.2 Å². The molecule has 41 heavy (non-hydrogen) atoms. The Morgan fingerprint density at radius 2 is 1.78 bits per heavy atom. The Morgan fingerprint density at radius 1 is 1.07 bits per heavy atom. The molecule has 2 aromatic carbocycles. The molecule has 3 heterocycles. The minimum atomic E-state index is -4.11. The smallest absolute Gasteiger partial charge is 0.240 e. The summed E-state index contributed by atoms with van der Waals surface area (Å²) >= 11 is 0. The Kier molecular flexibility index (Phi) is 8.18. The van der Waals surface area contributed by atoms with E-state index < -0.39 is 27.4 Å². The molecular weight excluding hydrogens is 551 g/mol. The molecule has 0 amide bonds. The number of aryl methyl sites for hydroxylation is 1. The van der Waals surface area contributed by atoms with E-state index in [4.69, 9.17) is 14.2 Å². The average Bonchev–Trinajstić information content (AvgIpc) is 3.27. The van der Waals surface area contributed by atoms with E-state index in [1.165, 1.54) is 31.2 Å². The lowest BCUT2D eigenvalue weighted by molar-refractivity contribution is 0.00152. The molecule has 0 unspecified atom stereocenters. The van der Waals surface area contributed by atoms with Gasteiger partial charge in [-0.3, -0.25) is 9.29 Å². The van der Waals surface area contributed by atoms with E-state index in [2.05, 4.69) is 24.9 Å². The largest absolute Gasteiger partial charge is 0.491 e. The highest BCUT2D eigenvalue weighted by molar-refractivity contribution is 7.93. The van der Waals surface area contributed by atoms with Gasteiger partial charge in [0.2, 0.25) is 16.0 Å². The van der Waals surface area contributed by atoms with Gasteiger partial charge >= 0.3 is 0 Å². The Hall–Kier alpha value is -4.10. The fourth-order valence-corrected chi connectivity index (χ4v) is 5.47. The number of hydrogen-bond acceptors (Lipinski definition) is 9. The number of ether oxygens (including phenoxy) is 3. The summed E-state index contributed by atoms with van der Waals surface area (Å²) in [4.78, 5) is 8.65. The number of fused-ring (bicyclic) bond motifs is 3. The average molecular weight is 583 g/mol. The number of para-hydroxylation sites is 1. The van der Waals surface area contributed by atoms with Crippen LogP contribution in [0.15, 0.2) is 60.9 Å². The Bertz CT molecular complexity index is 1600. The third kappa shape index (κ3) is 6.30. The van der Waals surface area contributed by atoms with Crippen molar-refractivity contribution < 1.29 is 27.0 Å². The first-order chi connectivity index (χ1) is 19.6. The van der Waals surface area contributed by atoms with Gasteiger partial charge in [0, 0.05) is 12.4 Å². The minimum absolute atomic E-state index is 0.00650. The second kappa shape index (κ2) is 11.8. The Balaban J connectivity index is 1.48. The summed E-state index contributed by atoms with van der Waals surface area (Å²) in [5.41, 5.74) is 1.49. The number of nitrogens with one attached hydrogen (secondary N) is 1. The second-order valence-corrected chi connectivity index (χ2v) is 12.1. The SMILES string of the molecule is Cc1cnc([C@H](OC(C)C)[C@H](C)S(=O)(=O)Nc2nnc3n2[C@H](COc2ccc(F)cc2)COc2ccccc2-3)nc1. The summed E-state index contributed by atoms with van der Waals surface area (Å²) in [6.45, 7) is 7.23. The molecule has 1 aliphatic rings. The highest BCUT2D eigenvalue weighted by Crippen LogP contribution is 2.36. The molecule has 0 radical (unpaired) electrons. The molecule has 0 spiro atoms. The molecule has 0 saturated heterocycles. The van der Waals surface area contributed by atoms with Gasteiger partial charge in [-0.25, -0.2) is 22.8 Å². The van der Waals surface area contributed by atoms with Crippen molar-refractivity contribution in [2.45, 2.75) is 51.2 Å². The zero-order valence-electron chi connectivity index (χ0n) is 23.1. The molecule has 216 valence electrons. The van der Waals surface area contributed by atoms with E-state index in [1.54, 1.807) is 23.0 Å². The molecule has 4 aromatic rings. The fraction of sp³-hybridized carbons (Fsp3) is 0.357. The predicted octanol–water partition coefficient (Wildman–Crippen LogP) is 4.49. The van der Waals surface area contributed by atoms with Gasteiger partial charge in [0.25, 0.3) is 0 Å². The topological polar surface area (TPSA) is 130 Å². The van der Waals surface area contributed by atoms with Crippen molar-refractivity contribution >= 4 is 16.0 Å². The molecule has 0 saturated carbocycles. The van der Waals surface area contributed by atoms with Crippen molar-refractivity contribution in [3.63, 3.8) is 0 Å². The lowest BCUT2D eigenvalue weighted by atomic mass is 10.2. The van der Waals surface area contributed by atoms with Crippen molar-refractivity contribution in [1.82, 2.24) is 24.7 Å². The van der Waals surface area contributed by atoms with Crippen LogP contribution in [0.25, 0.3) is 11.4 Å². The van der Waals surface area contributed by atoms with Crippen molar-refractivity contribution in [3.05, 3.63) is 78.1 Å². The van der Waals surface area contributed by atoms with E-state index in [-0.39, 0.29) is 36.9 Å². The summed E-state index contributed by atoms with van der Waals surface area (Å²) in [7, 11) is -4.11. The Labute approximate surface area is 237 Å². The van der Waals surface area contributed by atoms with E-state index in [9.17, 15) is 12.8 Å². The first-order valence-electron chi connectivity index (χ1n) is 13.1. The standard InChI is InChI=1S/C28H31FN6O5S/c1-17(2)40-25(26-30-13-18(3)14-31-26)19(4)41(36,37)34-28-33-32-27-23-7-5-6-8-24(23)39-16-21(35(27)28)15-38-22-11-9-20(29)10-12-22/h5-14,17,19,21,25H,15-16H2,1-4H3,(H,33,34)/t19-,21+,25+/m0/s1. The van der Waals surface area contributed by atoms with Gasteiger partial charge in [0.15, 0.2) is 11.6 Å². The van der Waals surface area contributed by atoms with Crippen LogP contribution in [0, 0.1) is 12.7 Å². The quantitative estimate of drug-likeness (QED) is 0.287. The Morgan fingerprint density at radius 3 is 2.49 bits per heavy atom. The molecule has 0 fully saturated rings. The number of anilines is 1. The van der Waals surface area contributed by atoms with E-state index in [0.29, 0.717) is 22.9 Å². The lowest BCUT2D eigenvalue weighted by Crippen LogP contribution is -2.35. The summed E-state index contributed by atoms with van der Waals surface area (Å²) in [6.07, 6.45) is 2.01. The van der Waals surface area contributed by atoms with E-state index >= 15 is 0 Å². The normalized spacial score (nSPS) is 16.2. The van der Waals surface area contributed by atoms with Crippen LogP contribution in [0.1, 0.15) is 44.3 Å². The van der Waals surface area contributed by atoms with Crippen LogP contribution in [-0.2, 0) is 14.8 Å². The molecule has 1 N–H and O–H groups in total. The number of halogens is 1. The van der Waals surface area contributed by atoms with Crippen LogP contribution in [0.2, 0.25) is 0 Å². The van der Waals surface area contributed by atoms with Gasteiger partial charge in [-0.05, 0) is 69.7 Å². The van der Waals surface area contributed by atoms with Gasteiger partial charge in [-0.2, -0.15) is 0 Å². The molecule has 3 atom stereocenters. The molecule has 1 aliphatic heterocycles. The van der Waals surface area contributed by atoms with Crippen LogP contribution in [0.3, 0.4) is 0 Å². The van der Waals surface area contributed by atoms with Crippen LogP contribution in [0.4, 0.5) is 10.3 Å². The highest BCUT2D eigenvalue weighted by atomic mass is 32.2. The number of nitrogens with zero attached hydrogens (tertiary/aromatic N) is 5. The maximum absolute atomic E-state index is 13.8. The van der Waals surface area contributed by atoms with Crippen molar-refractivity contribution in [2.75, 3.05) is 17.9 Å². The third-order valence-electron chi connectivity index (χ3n) is 6.50. The zero-order chi connectivity index (χ0) is 29.1. The summed E-state index contributed by atoms with van der Waals surface area (Å²) < 4.78 is 63.2. The monoisotopic (exact) mass is 582 g/mol. The van der Waals surface area contributed by atoms with Gasteiger partial charge in [-0.1, -0.05) is 12.1 Å². The first-order valence-corrected chi connectivity index (χ1v) is 14.7. The summed E-state index contributed by atoms with van der Waals surface area (Å²) in [6, 6.07) is 12.4. The lowest BCUT2D eigenvalue weighted by Gasteiger charge is -2.26. The van der Waals surface area contributed by atoms with Crippen LogP contribution in [-0.4, -0.2) is 57.7 Å². The zero-order valence-corrected chi connectivity index (χ0v) is 23.9. The number of benzene rings is 2. The molecule has 0 aliphatic carbocycles. The van der Waals surface area contributed by atoms with Gasteiger partial charge in [0.05, 0.1) is 11.7 Å². The minimum Gasteiger partial charge on any atom is -0.491 e. The van der Waals surface area contributed by atoms with Crippen LogP contribution in [0.5, 0.6) is 11.5 Å². The summed E-state index contributed by atoms with van der Waals surface area (Å²) in [5, 5.41) is 7.45. The molecule has 11 nitrogen and oxygen atoms in total. The molecular formula is C28H31FN6O5S. The number of sulfonamides is 1. The molecule has 0 bridgehead atoms. The number of rotatable bonds is 10. The fourth-order valence-electron chi connectivity index (χ4n) is 4.38. The van der Waals surface area contributed by atoms with Crippen molar-refractivity contribution in [1.29, 1.82) is 0 Å². The van der Waals surface area contributed by atoms with Crippen molar-refractivity contribution in [2.24, 2.45) is 0 Å². The predicted molar refractivity (Wildman–Crippen MR) is 150 cm³/mol.